The number of nitrogens with one attached hydrogen (secondary N) is 1. The third-order valence-electron chi connectivity index (χ3n) is 3.25. The molecule has 0 unspecified atom stereocenters. The van der Waals surface area contributed by atoms with Crippen molar-refractivity contribution >= 4 is 27.0 Å². The van der Waals surface area contributed by atoms with Gasteiger partial charge in [-0.15, -0.1) is 0 Å². The summed E-state index contributed by atoms with van der Waals surface area (Å²) in [6.45, 7) is 10.1. The minimum atomic E-state index is -0.262. The molecule has 0 atom stereocenters. The Balaban J connectivity index is 2.39. The molecule has 0 saturated heterocycles. The van der Waals surface area contributed by atoms with Crippen LogP contribution in [0.1, 0.15) is 36.8 Å². The molecule has 20 heavy (non-hydrogen) atoms. The summed E-state index contributed by atoms with van der Waals surface area (Å²) in [5, 5.41) is 2.95. The summed E-state index contributed by atoms with van der Waals surface area (Å²) in [6, 6.07) is 3.89. The standard InChI is InChI=1S/C13H20N3O.C2H5.Sn/c1-4-16(5-2)9-8-14-13(17)12-7-6-11(3)15-10-12;1-2;/h6-7,10H,3-5,8-9H2,1-2H3,(H,14,17);1H2,2H3;. The monoisotopic (exact) mass is 383 g/mol. The van der Waals surface area contributed by atoms with Gasteiger partial charge in [0.2, 0.25) is 0 Å². The van der Waals surface area contributed by atoms with Crippen LogP contribution in [0, 0.1) is 0 Å². The van der Waals surface area contributed by atoms with Gasteiger partial charge in [0.15, 0.2) is 0 Å². The predicted octanol–water partition coefficient (Wildman–Crippen LogP) is 1.80. The van der Waals surface area contributed by atoms with E-state index in [2.05, 4.69) is 36.0 Å². The van der Waals surface area contributed by atoms with Crippen LogP contribution in [0.15, 0.2) is 18.3 Å². The van der Waals surface area contributed by atoms with E-state index in [-0.39, 0.29) is 27.0 Å². The number of amides is 1. The van der Waals surface area contributed by atoms with Gasteiger partial charge in [0.1, 0.15) is 0 Å². The molecule has 0 saturated carbocycles. The van der Waals surface area contributed by atoms with Crippen LogP contribution in [0.5, 0.6) is 0 Å². The first kappa shape index (κ1) is 17.4. The van der Waals surface area contributed by atoms with E-state index >= 15 is 0 Å². The van der Waals surface area contributed by atoms with Crippen molar-refractivity contribution in [1.82, 2.24) is 15.2 Å². The fourth-order valence-electron chi connectivity index (χ4n) is 1.89. The van der Waals surface area contributed by atoms with Crippen LogP contribution in [0.25, 0.3) is 0 Å². The maximum atomic E-state index is 12.0. The van der Waals surface area contributed by atoms with Gasteiger partial charge in [-0.2, -0.15) is 0 Å². The molecule has 1 aromatic heterocycles. The Morgan fingerprint density at radius 3 is 2.60 bits per heavy atom. The molecule has 0 spiro atoms. The van der Waals surface area contributed by atoms with E-state index < -0.39 is 0 Å². The molecule has 2 radical (unpaired) electrons. The van der Waals surface area contributed by atoms with Crippen LogP contribution in [0.4, 0.5) is 0 Å². The molecular weight excluding hydrogens is 357 g/mol. The summed E-state index contributed by atoms with van der Waals surface area (Å²) in [5.74, 6) is -0.0216. The van der Waals surface area contributed by atoms with E-state index in [1.54, 1.807) is 6.20 Å². The van der Waals surface area contributed by atoms with Gasteiger partial charge in [-0.1, -0.05) is 0 Å². The summed E-state index contributed by atoms with van der Waals surface area (Å²) >= 11 is -0.262. The molecule has 0 aromatic carbocycles. The summed E-state index contributed by atoms with van der Waals surface area (Å²) in [4.78, 5) is 18.6. The van der Waals surface area contributed by atoms with Crippen molar-refractivity contribution < 1.29 is 4.79 Å². The molecule has 5 heteroatoms. The zero-order valence-electron chi connectivity index (χ0n) is 12.8. The normalized spacial score (nSPS) is 10.8. The van der Waals surface area contributed by atoms with Crippen molar-refractivity contribution in [2.24, 2.45) is 0 Å². The second-order valence-electron chi connectivity index (χ2n) is 4.60. The summed E-state index contributed by atoms with van der Waals surface area (Å²) in [5.41, 5.74) is 1.80. The van der Waals surface area contributed by atoms with Crippen LogP contribution >= 0.6 is 0 Å². The molecule has 1 amide bonds. The number of rotatable bonds is 9. The van der Waals surface area contributed by atoms with Gasteiger partial charge in [-0.3, -0.25) is 0 Å². The average molecular weight is 382 g/mol. The van der Waals surface area contributed by atoms with E-state index in [0.717, 1.165) is 29.8 Å². The van der Waals surface area contributed by atoms with E-state index in [9.17, 15) is 4.79 Å². The van der Waals surface area contributed by atoms with Crippen molar-refractivity contribution in [3.05, 3.63) is 29.6 Å². The fraction of sp³-hybridized carbons (Fsp3) is 0.600. The van der Waals surface area contributed by atoms with Gasteiger partial charge in [0, 0.05) is 0 Å². The Hall–Kier alpha value is -0.621. The van der Waals surface area contributed by atoms with Crippen LogP contribution < -0.4 is 5.32 Å². The molecule has 4 nitrogen and oxygen atoms in total. The van der Waals surface area contributed by atoms with Gasteiger partial charge >= 0.3 is 132 Å². The second kappa shape index (κ2) is 10.2. The van der Waals surface area contributed by atoms with Gasteiger partial charge < -0.3 is 0 Å². The number of hydrogen-bond acceptors (Lipinski definition) is 3. The van der Waals surface area contributed by atoms with Crippen LogP contribution in [0.2, 0.25) is 4.44 Å². The Morgan fingerprint density at radius 1 is 1.30 bits per heavy atom. The number of hydrogen-bond donors (Lipinski definition) is 1. The quantitative estimate of drug-likeness (QED) is 0.663. The Bertz CT molecular complexity index is 391. The first-order valence-corrected chi connectivity index (χ1v) is 11.4. The summed E-state index contributed by atoms with van der Waals surface area (Å²) in [6.07, 6.45) is 1.71. The minimum absolute atomic E-state index is 0.0216. The Morgan fingerprint density at radius 2 is 2.05 bits per heavy atom. The van der Waals surface area contributed by atoms with Crippen molar-refractivity contribution in [3.63, 3.8) is 0 Å². The second-order valence-corrected chi connectivity index (χ2v) is 9.06. The van der Waals surface area contributed by atoms with E-state index in [0.29, 0.717) is 12.1 Å². The fourth-order valence-corrected chi connectivity index (χ4v) is 3.93. The average Bonchev–Trinajstić information content (AvgIpc) is 2.50. The maximum absolute atomic E-state index is 12.0. The molecule has 0 bridgehead atoms. The number of likely N-dealkylation sites (N-methyl/N-ethyl adjacent to an activating group) is 1. The zero-order valence-corrected chi connectivity index (χ0v) is 15.6. The van der Waals surface area contributed by atoms with E-state index in [1.807, 2.05) is 12.1 Å². The van der Waals surface area contributed by atoms with Gasteiger partial charge in [-0.25, -0.2) is 0 Å². The van der Waals surface area contributed by atoms with Crippen LogP contribution in [0.3, 0.4) is 0 Å². The van der Waals surface area contributed by atoms with Gasteiger partial charge in [0.05, 0.1) is 0 Å². The SMILES string of the molecule is C[CH2][Sn][CH2]c1ccc(C(=O)NCCN(CC)CC)cn1. The van der Waals surface area contributed by atoms with Crippen LogP contribution in [-0.2, 0) is 4.44 Å². The zero-order chi connectivity index (χ0) is 14.8. The molecule has 110 valence electrons. The van der Waals surface area contributed by atoms with Crippen molar-refractivity contribution in [2.75, 3.05) is 26.2 Å². The third kappa shape index (κ3) is 6.22. The van der Waals surface area contributed by atoms with Crippen molar-refractivity contribution in [3.8, 4) is 0 Å². The first-order chi connectivity index (χ1) is 9.71. The van der Waals surface area contributed by atoms with Gasteiger partial charge in [-0.05, 0) is 0 Å². The molecule has 1 aromatic rings. The summed E-state index contributed by atoms with van der Waals surface area (Å²) in [7, 11) is 0. The Labute approximate surface area is 132 Å². The molecule has 0 fully saturated rings. The number of carbonyl (C=O) groups is 1. The number of pyridine rings is 1. The predicted molar refractivity (Wildman–Crippen MR) is 84.3 cm³/mol. The Kier molecular flexibility index (Phi) is 8.85. The molecule has 1 rings (SSSR count). The molecule has 0 aliphatic rings. The number of nitrogens with zero attached hydrogens (tertiary/aromatic N) is 2. The van der Waals surface area contributed by atoms with Crippen LogP contribution in [-0.4, -0.2) is 63.1 Å². The van der Waals surface area contributed by atoms with E-state index in [1.165, 1.54) is 4.44 Å². The third-order valence-corrected chi connectivity index (χ3v) is 6.43. The van der Waals surface area contributed by atoms with Gasteiger partial charge in [0.25, 0.3) is 0 Å². The molecule has 1 N–H and O–H groups in total. The molecule has 0 aliphatic heterocycles. The number of carbonyl (C=O) groups excluding carboxylic acids is 1. The molecule has 0 aliphatic carbocycles. The number of aromatic nitrogens is 1. The first-order valence-electron chi connectivity index (χ1n) is 7.37. The van der Waals surface area contributed by atoms with Crippen molar-refractivity contribution in [2.45, 2.75) is 29.6 Å². The van der Waals surface area contributed by atoms with E-state index in [4.69, 9.17) is 0 Å². The summed E-state index contributed by atoms with van der Waals surface area (Å²) < 4.78 is 2.49. The molecular formula is C15H25N3OSn. The van der Waals surface area contributed by atoms with Crippen molar-refractivity contribution in [1.29, 1.82) is 0 Å². The molecule has 1 heterocycles. The topological polar surface area (TPSA) is 45.2 Å².